The van der Waals surface area contributed by atoms with Crippen molar-refractivity contribution >= 4 is 17.5 Å². The number of piperidine rings is 1. The Morgan fingerprint density at radius 3 is 2.24 bits per heavy atom. The molecule has 3 unspecified atom stereocenters. The van der Waals surface area contributed by atoms with E-state index in [1.54, 1.807) is 5.01 Å². The van der Waals surface area contributed by atoms with Gasteiger partial charge in [-0.1, -0.05) is 48.5 Å². The number of hydrazine groups is 1. The number of carbonyl (C=O) groups is 2. The van der Waals surface area contributed by atoms with E-state index < -0.39 is 0 Å². The molecule has 3 aliphatic heterocycles. The van der Waals surface area contributed by atoms with E-state index >= 15 is 0 Å². The molecule has 5 rings (SSSR count). The predicted molar refractivity (Wildman–Crippen MR) is 133 cm³/mol. The zero-order valence-corrected chi connectivity index (χ0v) is 20.1. The highest BCUT2D eigenvalue weighted by Crippen LogP contribution is 2.33. The molecule has 3 aliphatic rings. The number of carbonyl (C=O) groups excluding carboxylic acids is 2. The van der Waals surface area contributed by atoms with Crippen LogP contribution in [0.4, 0.5) is 5.69 Å². The van der Waals surface area contributed by atoms with Crippen molar-refractivity contribution in [2.45, 2.75) is 32.5 Å². The number of para-hydroxylation sites is 1. The number of likely N-dealkylation sites (tertiary alicyclic amines) is 1. The molecular formula is C27H35N5O2. The number of hydrogen-bond donors (Lipinski definition) is 1. The lowest BCUT2D eigenvalue weighted by atomic mass is 9.83. The van der Waals surface area contributed by atoms with Gasteiger partial charge in [0.05, 0.1) is 23.6 Å². The molecular weight excluding hydrogens is 426 g/mol. The molecule has 180 valence electrons. The Kier molecular flexibility index (Phi) is 6.68. The quantitative estimate of drug-likeness (QED) is 0.740. The first-order chi connectivity index (χ1) is 16.5. The highest BCUT2D eigenvalue weighted by Gasteiger charge is 2.52. The van der Waals surface area contributed by atoms with Crippen molar-refractivity contribution in [2.75, 3.05) is 44.3 Å². The zero-order valence-electron chi connectivity index (χ0n) is 20.1. The molecule has 3 atom stereocenters. The molecule has 3 heterocycles. The van der Waals surface area contributed by atoms with E-state index in [9.17, 15) is 9.59 Å². The lowest BCUT2D eigenvalue weighted by Crippen LogP contribution is -2.60. The molecule has 0 saturated carbocycles. The van der Waals surface area contributed by atoms with E-state index in [1.165, 1.54) is 5.56 Å². The molecule has 3 saturated heterocycles. The van der Waals surface area contributed by atoms with Crippen LogP contribution in [-0.2, 0) is 16.1 Å². The summed E-state index contributed by atoms with van der Waals surface area (Å²) < 4.78 is 0. The van der Waals surface area contributed by atoms with Crippen LogP contribution >= 0.6 is 0 Å². The van der Waals surface area contributed by atoms with Gasteiger partial charge < -0.3 is 4.90 Å². The summed E-state index contributed by atoms with van der Waals surface area (Å²) in [7, 11) is 0. The maximum atomic E-state index is 13.8. The smallest absolute Gasteiger partial charge is 0.247 e. The minimum atomic E-state index is -0.237. The second-order valence-electron chi connectivity index (χ2n) is 10.0. The molecule has 7 nitrogen and oxygen atoms in total. The standard InChI is InChI=1S/C27H35N5O2/c1-20(2)31-18-23(25-24(19-31)27(34)32(28-25)22-11-7-4-8-12-22)26(33)30-15-13-29(14-16-30)17-21-9-5-3-6-10-21/h3-12,20,23-25,28H,13-19H2,1-2H3. The molecule has 0 bridgehead atoms. The first kappa shape index (κ1) is 23.0. The fraction of sp³-hybridized carbons (Fsp3) is 0.481. The lowest BCUT2D eigenvalue weighted by Gasteiger charge is -2.43. The van der Waals surface area contributed by atoms with Gasteiger partial charge in [0.1, 0.15) is 0 Å². The van der Waals surface area contributed by atoms with Gasteiger partial charge in [0.25, 0.3) is 0 Å². The molecule has 1 N–H and O–H groups in total. The number of nitrogens with zero attached hydrogens (tertiary/aromatic N) is 4. The summed E-state index contributed by atoms with van der Waals surface area (Å²) in [4.78, 5) is 33.9. The number of piperazine rings is 1. The van der Waals surface area contributed by atoms with Crippen molar-refractivity contribution in [1.82, 2.24) is 20.1 Å². The molecule has 34 heavy (non-hydrogen) atoms. The summed E-state index contributed by atoms with van der Waals surface area (Å²) in [6.07, 6.45) is 0. The number of amides is 2. The highest BCUT2D eigenvalue weighted by molar-refractivity contribution is 5.98. The predicted octanol–water partition coefficient (Wildman–Crippen LogP) is 2.21. The summed E-state index contributed by atoms with van der Waals surface area (Å²) >= 11 is 0. The van der Waals surface area contributed by atoms with Gasteiger partial charge >= 0.3 is 0 Å². The van der Waals surface area contributed by atoms with Gasteiger partial charge in [-0.3, -0.25) is 19.4 Å². The van der Waals surface area contributed by atoms with E-state index in [0.717, 1.165) is 38.4 Å². The first-order valence-electron chi connectivity index (χ1n) is 12.5. The van der Waals surface area contributed by atoms with Crippen LogP contribution in [0.15, 0.2) is 60.7 Å². The van der Waals surface area contributed by atoms with Crippen molar-refractivity contribution in [2.24, 2.45) is 11.8 Å². The third kappa shape index (κ3) is 4.60. The first-order valence-corrected chi connectivity index (χ1v) is 12.5. The number of anilines is 1. The zero-order chi connectivity index (χ0) is 23.7. The van der Waals surface area contributed by atoms with Crippen LogP contribution < -0.4 is 10.4 Å². The molecule has 0 radical (unpaired) electrons. The largest absolute Gasteiger partial charge is 0.340 e. The van der Waals surface area contributed by atoms with Crippen LogP contribution in [0.1, 0.15) is 19.4 Å². The highest BCUT2D eigenvalue weighted by atomic mass is 16.2. The summed E-state index contributed by atoms with van der Waals surface area (Å²) in [5, 5.41) is 1.66. The summed E-state index contributed by atoms with van der Waals surface area (Å²) in [6.45, 7) is 9.79. The van der Waals surface area contributed by atoms with Crippen molar-refractivity contribution in [3.63, 3.8) is 0 Å². The third-order valence-electron chi connectivity index (χ3n) is 7.54. The average molecular weight is 462 g/mol. The average Bonchev–Trinajstić information content (AvgIpc) is 3.21. The Bertz CT molecular complexity index is 991. The summed E-state index contributed by atoms with van der Waals surface area (Å²) in [5.41, 5.74) is 5.57. The minimum absolute atomic E-state index is 0.0621. The number of benzene rings is 2. The number of rotatable bonds is 5. The number of nitrogens with one attached hydrogen (secondary N) is 1. The second kappa shape index (κ2) is 9.86. The monoisotopic (exact) mass is 461 g/mol. The Morgan fingerprint density at radius 1 is 0.941 bits per heavy atom. The van der Waals surface area contributed by atoms with Crippen LogP contribution in [0.2, 0.25) is 0 Å². The van der Waals surface area contributed by atoms with Crippen LogP contribution in [0.25, 0.3) is 0 Å². The fourth-order valence-corrected chi connectivity index (χ4v) is 5.51. The fourth-order valence-electron chi connectivity index (χ4n) is 5.51. The number of fused-ring (bicyclic) bond motifs is 1. The van der Waals surface area contributed by atoms with Gasteiger partial charge in [0.2, 0.25) is 11.8 Å². The van der Waals surface area contributed by atoms with Gasteiger partial charge in [-0.25, -0.2) is 10.4 Å². The molecule has 7 heteroatoms. The van der Waals surface area contributed by atoms with Gasteiger partial charge in [-0.15, -0.1) is 0 Å². The van der Waals surface area contributed by atoms with Crippen LogP contribution in [0.3, 0.4) is 0 Å². The van der Waals surface area contributed by atoms with E-state index in [4.69, 9.17) is 0 Å². The summed E-state index contributed by atoms with van der Waals surface area (Å²) in [5.74, 6) is -0.217. The normalized spacial score (nSPS) is 26.2. The van der Waals surface area contributed by atoms with E-state index in [0.29, 0.717) is 13.1 Å². The second-order valence-corrected chi connectivity index (χ2v) is 10.0. The molecule has 3 fully saturated rings. The van der Waals surface area contributed by atoms with Gasteiger partial charge in [-0.05, 0) is 31.5 Å². The van der Waals surface area contributed by atoms with Gasteiger partial charge in [-0.2, -0.15) is 0 Å². The molecule has 0 spiro atoms. The maximum absolute atomic E-state index is 13.8. The van der Waals surface area contributed by atoms with Gasteiger partial charge in [0.15, 0.2) is 0 Å². The topological polar surface area (TPSA) is 59.1 Å². The van der Waals surface area contributed by atoms with Crippen molar-refractivity contribution in [3.8, 4) is 0 Å². The van der Waals surface area contributed by atoms with Crippen LogP contribution in [0.5, 0.6) is 0 Å². The van der Waals surface area contributed by atoms with Crippen LogP contribution in [-0.4, -0.2) is 77.9 Å². The Labute approximate surface area is 202 Å². The number of hydrogen-bond acceptors (Lipinski definition) is 5. The molecule has 2 amide bonds. The van der Waals surface area contributed by atoms with E-state index in [-0.39, 0.29) is 35.7 Å². The summed E-state index contributed by atoms with van der Waals surface area (Å²) in [6, 6.07) is 20.3. The Balaban J connectivity index is 1.28. The Morgan fingerprint density at radius 2 is 1.59 bits per heavy atom. The van der Waals surface area contributed by atoms with Crippen molar-refractivity contribution in [1.29, 1.82) is 0 Å². The third-order valence-corrected chi connectivity index (χ3v) is 7.54. The Hall–Kier alpha value is -2.74. The van der Waals surface area contributed by atoms with Gasteiger partial charge in [0, 0.05) is 51.9 Å². The minimum Gasteiger partial charge on any atom is -0.340 e. The molecule has 2 aromatic carbocycles. The van der Waals surface area contributed by atoms with E-state index in [2.05, 4.69) is 53.3 Å². The van der Waals surface area contributed by atoms with Crippen molar-refractivity contribution < 1.29 is 9.59 Å². The molecule has 0 aliphatic carbocycles. The molecule has 2 aromatic rings. The molecule has 0 aromatic heterocycles. The lowest BCUT2D eigenvalue weighted by molar-refractivity contribution is -0.141. The van der Waals surface area contributed by atoms with E-state index in [1.807, 2.05) is 41.3 Å². The van der Waals surface area contributed by atoms with Crippen molar-refractivity contribution in [3.05, 3.63) is 66.2 Å². The maximum Gasteiger partial charge on any atom is 0.247 e. The van der Waals surface area contributed by atoms with Crippen LogP contribution in [0, 0.1) is 11.8 Å². The SMILES string of the molecule is CC(C)N1CC(C(=O)N2CCN(Cc3ccccc3)CC2)C2NN(c3ccccc3)C(=O)C2C1.